The summed E-state index contributed by atoms with van der Waals surface area (Å²) < 4.78 is 3.59. The Hall–Kier alpha value is -2.50. The molecule has 1 aromatic heterocycles. The third-order valence-corrected chi connectivity index (χ3v) is 2.55. The second kappa shape index (κ2) is 4.79. The van der Waals surface area contributed by atoms with E-state index in [4.69, 9.17) is 0 Å². The van der Waals surface area contributed by atoms with Gasteiger partial charge in [0.25, 0.3) is 5.69 Å². The third-order valence-electron chi connectivity index (χ3n) is 2.55. The van der Waals surface area contributed by atoms with Crippen molar-refractivity contribution < 1.29 is 14.3 Å². The maximum atomic E-state index is 11.9. The molecule has 0 N–H and O–H groups in total. The van der Waals surface area contributed by atoms with Crippen LogP contribution >= 0.6 is 0 Å². The van der Waals surface area contributed by atoms with Crippen LogP contribution in [-0.4, -0.2) is 15.3 Å². The summed E-state index contributed by atoms with van der Waals surface area (Å²) in [6, 6.07) is 5.62. The number of imidazole rings is 1. The quantitative estimate of drug-likeness (QED) is 0.351. The SMILES string of the molecule is C[n+]1ccn(CC(=O)c2ccc([N+](=O)[O-])cc2)c1. The topological polar surface area (TPSA) is 69.0 Å². The summed E-state index contributed by atoms with van der Waals surface area (Å²) in [6.45, 7) is 0.221. The van der Waals surface area contributed by atoms with Gasteiger partial charge in [0.2, 0.25) is 12.1 Å². The van der Waals surface area contributed by atoms with Gasteiger partial charge in [0.05, 0.1) is 12.0 Å². The van der Waals surface area contributed by atoms with E-state index < -0.39 is 4.92 Å². The first-order chi connectivity index (χ1) is 8.56. The van der Waals surface area contributed by atoms with Crippen LogP contribution in [-0.2, 0) is 13.6 Å². The second-order valence-electron chi connectivity index (χ2n) is 3.98. The number of rotatable bonds is 4. The minimum Gasteiger partial charge on any atom is -0.290 e. The van der Waals surface area contributed by atoms with Crippen molar-refractivity contribution in [2.75, 3.05) is 0 Å². The molecule has 0 aliphatic heterocycles. The van der Waals surface area contributed by atoms with Gasteiger partial charge in [-0.2, -0.15) is 0 Å². The van der Waals surface area contributed by atoms with Crippen molar-refractivity contribution in [2.24, 2.45) is 7.05 Å². The number of nitro benzene ring substituents is 1. The van der Waals surface area contributed by atoms with E-state index in [1.54, 1.807) is 17.1 Å². The lowest BCUT2D eigenvalue weighted by Gasteiger charge is -1.98. The molecule has 0 unspecified atom stereocenters. The molecule has 6 heteroatoms. The minimum atomic E-state index is -0.486. The molecule has 1 heterocycles. The van der Waals surface area contributed by atoms with E-state index in [-0.39, 0.29) is 18.0 Å². The van der Waals surface area contributed by atoms with Crippen molar-refractivity contribution in [1.29, 1.82) is 0 Å². The van der Waals surface area contributed by atoms with E-state index in [2.05, 4.69) is 0 Å². The maximum Gasteiger partial charge on any atom is 0.269 e. The van der Waals surface area contributed by atoms with Crippen molar-refractivity contribution in [3.63, 3.8) is 0 Å². The van der Waals surface area contributed by atoms with Gasteiger partial charge in [-0.1, -0.05) is 0 Å². The number of aryl methyl sites for hydroxylation is 1. The largest absolute Gasteiger partial charge is 0.290 e. The van der Waals surface area contributed by atoms with Crippen LogP contribution < -0.4 is 4.57 Å². The average Bonchev–Trinajstić information content (AvgIpc) is 2.75. The van der Waals surface area contributed by atoms with Crippen LogP contribution in [0.25, 0.3) is 0 Å². The lowest BCUT2D eigenvalue weighted by atomic mass is 10.1. The summed E-state index contributed by atoms with van der Waals surface area (Å²) in [7, 11) is 1.87. The number of carbonyl (C=O) groups excluding carboxylic acids is 1. The summed E-state index contributed by atoms with van der Waals surface area (Å²) >= 11 is 0. The van der Waals surface area contributed by atoms with Gasteiger partial charge in [-0.25, -0.2) is 9.13 Å². The lowest BCUT2D eigenvalue weighted by Crippen LogP contribution is -2.24. The van der Waals surface area contributed by atoms with Gasteiger partial charge in [-0.3, -0.25) is 14.9 Å². The highest BCUT2D eigenvalue weighted by Gasteiger charge is 2.12. The summed E-state index contributed by atoms with van der Waals surface area (Å²) in [6.07, 6.45) is 5.43. The zero-order valence-corrected chi connectivity index (χ0v) is 9.81. The van der Waals surface area contributed by atoms with Crippen LogP contribution in [0.2, 0.25) is 0 Å². The molecule has 0 amide bonds. The fraction of sp³-hybridized carbons (Fsp3) is 0.167. The number of benzene rings is 1. The van der Waals surface area contributed by atoms with Crippen molar-refractivity contribution in [3.8, 4) is 0 Å². The molecule has 0 bridgehead atoms. The number of hydrogen-bond donors (Lipinski definition) is 0. The van der Waals surface area contributed by atoms with Gasteiger partial charge >= 0.3 is 0 Å². The Morgan fingerprint density at radius 2 is 2.06 bits per heavy atom. The van der Waals surface area contributed by atoms with Gasteiger partial charge in [-0.15, -0.1) is 0 Å². The van der Waals surface area contributed by atoms with Crippen LogP contribution in [0.1, 0.15) is 10.4 Å². The fourth-order valence-electron chi connectivity index (χ4n) is 1.62. The van der Waals surface area contributed by atoms with Gasteiger partial charge < -0.3 is 0 Å². The van der Waals surface area contributed by atoms with Crippen LogP contribution in [0.5, 0.6) is 0 Å². The van der Waals surface area contributed by atoms with Crippen LogP contribution in [0, 0.1) is 10.1 Å². The fourth-order valence-corrected chi connectivity index (χ4v) is 1.62. The number of nitro groups is 1. The van der Waals surface area contributed by atoms with Crippen LogP contribution in [0.4, 0.5) is 5.69 Å². The number of ketones is 1. The Bertz CT molecular complexity index is 587. The molecule has 0 spiro atoms. The summed E-state index contributed by atoms with van der Waals surface area (Å²) in [5.41, 5.74) is 0.455. The summed E-state index contributed by atoms with van der Waals surface area (Å²) in [5.74, 6) is -0.0823. The van der Waals surface area contributed by atoms with E-state index in [0.717, 1.165) is 0 Å². The van der Waals surface area contributed by atoms with Gasteiger partial charge in [0.1, 0.15) is 12.4 Å². The van der Waals surface area contributed by atoms with Crippen molar-refractivity contribution in [3.05, 3.63) is 58.7 Å². The molecule has 0 aliphatic carbocycles. The van der Waals surface area contributed by atoms with Crippen LogP contribution in [0.3, 0.4) is 0 Å². The number of carbonyl (C=O) groups is 1. The number of nitrogens with zero attached hydrogens (tertiary/aromatic N) is 3. The summed E-state index contributed by atoms with van der Waals surface area (Å²) in [5, 5.41) is 10.5. The van der Waals surface area contributed by atoms with E-state index in [0.29, 0.717) is 5.56 Å². The molecule has 0 atom stereocenters. The van der Waals surface area contributed by atoms with Gasteiger partial charge in [0.15, 0.2) is 6.54 Å². The monoisotopic (exact) mass is 246 g/mol. The minimum absolute atomic E-state index is 0.0149. The number of Topliss-reactive ketones (excluding diaryl/α,β-unsaturated/α-hetero) is 1. The molecule has 1 aromatic carbocycles. The standard InChI is InChI=1S/C12H12N3O3/c1-13-6-7-14(9-13)8-12(16)10-2-4-11(5-3-10)15(17)18/h2-7,9H,8H2,1H3/q+1. The first kappa shape index (κ1) is 12.0. The molecular formula is C12H12N3O3+. The first-order valence-corrected chi connectivity index (χ1v) is 5.35. The van der Waals surface area contributed by atoms with E-state index in [1.165, 1.54) is 24.3 Å². The van der Waals surface area contributed by atoms with Crippen molar-refractivity contribution in [2.45, 2.75) is 6.54 Å². The molecule has 0 saturated heterocycles. The van der Waals surface area contributed by atoms with Gasteiger partial charge in [0, 0.05) is 17.7 Å². The van der Waals surface area contributed by atoms with Crippen LogP contribution in [0.15, 0.2) is 43.0 Å². The lowest BCUT2D eigenvalue weighted by molar-refractivity contribution is -0.671. The molecule has 18 heavy (non-hydrogen) atoms. The van der Waals surface area contributed by atoms with Crippen molar-refractivity contribution >= 4 is 11.5 Å². The Morgan fingerprint density at radius 3 is 2.56 bits per heavy atom. The Labute approximate surface area is 103 Å². The predicted molar refractivity (Wildman–Crippen MR) is 63.0 cm³/mol. The highest BCUT2D eigenvalue weighted by atomic mass is 16.6. The molecular weight excluding hydrogens is 234 g/mol. The third kappa shape index (κ3) is 2.60. The normalized spacial score (nSPS) is 10.3. The maximum absolute atomic E-state index is 11.9. The van der Waals surface area contributed by atoms with Crippen molar-refractivity contribution in [1.82, 2.24) is 4.57 Å². The molecule has 92 valence electrons. The van der Waals surface area contributed by atoms with E-state index in [1.807, 2.05) is 17.8 Å². The zero-order valence-electron chi connectivity index (χ0n) is 9.81. The highest BCUT2D eigenvalue weighted by Crippen LogP contribution is 2.12. The van der Waals surface area contributed by atoms with Gasteiger partial charge in [-0.05, 0) is 12.1 Å². The average molecular weight is 246 g/mol. The molecule has 0 radical (unpaired) electrons. The molecule has 0 saturated carbocycles. The Balaban J connectivity index is 2.11. The molecule has 0 aliphatic rings. The summed E-state index contributed by atoms with van der Waals surface area (Å²) in [4.78, 5) is 21.9. The number of aromatic nitrogens is 2. The smallest absolute Gasteiger partial charge is 0.269 e. The highest BCUT2D eigenvalue weighted by molar-refractivity contribution is 5.96. The van der Waals surface area contributed by atoms with E-state index in [9.17, 15) is 14.9 Å². The van der Waals surface area contributed by atoms with E-state index >= 15 is 0 Å². The molecule has 0 fully saturated rings. The zero-order chi connectivity index (χ0) is 13.1. The Morgan fingerprint density at radius 1 is 1.39 bits per heavy atom. The molecule has 6 nitrogen and oxygen atoms in total. The molecule has 2 rings (SSSR count). The predicted octanol–water partition coefficient (Wildman–Crippen LogP) is 1.10. The molecule has 2 aromatic rings. The number of hydrogen-bond acceptors (Lipinski definition) is 3. The Kier molecular flexibility index (Phi) is 3.18. The number of non-ortho nitro benzene ring substituents is 1. The second-order valence-corrected chi connectivity index (χ2v) is 3.98. The first-order valence-electron chi connectivity index (χ1n) is 5.35.